The summed E-state index contributed by atoms with van der Waals surface area (Å²) in [6.45, 7) is 1.87. The van der Waals surface area contributed by atoms with Crippen molar-refractivity contribution in [1.82, 2.24) is 24.3 Å². The number of hydrogen-bond acceptors (Lipinski definition) is 4. The van der Waals surface area contributed by atoms with Gasteiger partial charge in [-0.3, -0.25) is 9.67 Å². The van der Waals surface area contributed by atoms with Crippen molar-refractivity contribution in [1.29, 1.82) is 0 Å². The minimum Gasteiger partial charge on any atom is -0.337 e. The smallest absolute Gasteiger partial charge is 0.195 e. The number of nitrogens with one attached hydrogen (secondary N) is 1. The molecule has 3 rings (SSSR count). The van der Waals surface area contributed by atoms with Crippen molar-refractivity contribution in [3.63, 3.8) is 0 Å². The van der Waals surface area contributed by atoms with Gasteiger partial charge in [0.1, 0.15) is 0 Å². The van der Waals surface area contributed by atoms with E-state index in [0.717, 1.165) is 36.6 Å². The Labute approximate surface area is 125 Å². The lowest BCUT2D eigenvalue weighted by atomic mass is 10.3. The zero-order chi connectivity index (χ0) is 13.8. The average Bonchev–Trinajstić information content (AvgIpc) is 3.17. The lowest BCUT2D eigenvalue weighted by Crippen LogP contribution is -2.02. The van der Waals surface area contributed by atoms with E-state index in [4.69, 9.17) is 12.2 Å². The van der Waals surface area contributed by atoms with Crippen molar-refractivity contribution in [3.8, 4) is 10.7 Å². The van der Waals surface area contributed by atoms with E-state index < -0.39 is 0 Å². The number of aromatic nitrogens is 5. The first-order chi connectivity index (χ1) is 9.84. The Morgan fingerprint density at radius 2 is 2.20 bits per heavy atom. The van der Waals surface area contributed by atoms with E-state index in [1.54, 1.807) is 17.5 Å². The molecule has 0 saturated heterocycles. The first-order valence-corrected chi connectivity index (χ1v) is 7.78. The summed E-state index contributed by atoms with van der Waals surface area (Å²) in [6.07, 6.45) is 7.79. The van der Waals surface area contributed by atoms with Crippen LogP contribution in [0, 0.1) is 4.77 Å². The van der Waals surface area contributed by atoms with Crippen LogP contribution in [-0.4, -0.2) is 24.3 Å². The Morgan fingerprint density at radius 1 is 1.30 bits per heavy atom. The van der Waals surface area contributed by atoms with Gasteiger partial charge in [-0.1, -0.05) is 6.07 Å². The summed E-state index contributed by atoms with van der Waals surface area (Å²) in [4.78, 5) is 5.19. The first-order valence-electron chi connectivity index (χ1n) is 6.49. The van der Waals surface area contributed by atoms with Crippen LogP contribution in [0.5, 0.6) is 0 Å². The molecule has 3 heterocycles. The molecule has 0 aromatic carbocycles. The number of imidazole rings is 1. The number of aryl methyl sites for hydroxylation is 1. The van der Waals surface area contributed by atoms with Crippen molar-refractivity contribution in [2.75, 3.05) is 0 Å². The second kappa shape index (κ2) is 6.15. The Bertz CT molecular complexity index is 694. The molecule has 20 heavy (non-hydrogen) atoms. The molecule has 0 amide bonds. The Morgan fingerprint density at radius 3 is 2.95 bits per heavy atom. The maximum atomic E-state index is 5.31. The molecular weight excluding hydrogens is 290 g/mol. The van der Waals surface area contributed by atoms with Crippen LogP contribution in [0.3, 0.4) is 0 Å². The molecule has 0 bridgehead atoms. The summed E-state index contributed by atoms with van der Waals surface area (Å²) in [7, 11) is 0. The summed E-state index contributed by atoms with van der Waals surface area (Å²) in [5.74, 6) is 0.938. The third-order valence-corrected chi connectivity index (χ3v) is 4.28. The predicted octanol–water partition coefficient (Wildman–Crippen LogP) is 3.35. The van der Waals surface area contributed by atoms with Gasteiger partial charge < -0.3 is 4.57 Å². The molecule has 0 aliphatic carbocycles. The Hall–Kier alpha value is -1.73. The van der Waals surface area contributed by atoms with Crippen LogP contribution in [0.4, 0.5) is 0 Å². The van der Waals surface area contributed by atoms with Crippen LogP contribution in [0.25, 0.3) is 10.7 Å². The second-order valence-electron chi connectivity index (χ2n) is 4.49. The zero-order valence-electron chi connectivity index (χ0n) is 10.9. The van der Waals surface area contributed by atoms with Gasteiger partial charge >= 0.3 is 0 Å². The van der Waals surface area contributed by atoms with E-state index in [9.17, 15) is 0 Å². The van der Waals surface area contributed by atoms with Gasteiger partial charge in [-0.25, -0.2) is 4.98 Å². The average molecular weight is 305 g/mol. The van der Waals surface area contributed by atoms with Crippen LogP contribution < -0.4 is 0 Å². The van der Waals surface area contributed by atoms with Crippen LogP contribution in [0.15, 0.2) is 36.2 Å². The van der Waals surface area contributed by atoms with Crippen LogP contribution in [0.1, 0.15) is 12.8 Å². The minimum absolute atomic E-state index is 0.691. The molecule has 1 N–H and O–H groups in total. The number of thiophene rings is 1. The fraction of sp³-hybridized carbons (Fsp3) is 0.308. The molecule has 0 radical (unpaired) electrons. The monoisotopic (exact) mass is 305 g/mol. The van der Waals surface area contributed by atoms with Gasteiger partial charge in [0.15, 0.2) is 10.6 Å². The van der Waals surface area contributed by atoms with Gasteiger partial charge in [-0.15, -0.1) is 11.3 Å². The molecule has 0 unspecified atom stereocenters. The van der Waals surface area contributed by atoms with Crippen molar-refractivity contribution in [2.45, 2.75) is 25.9 Å². The van der Waals surface area contributed by atoms with Crippen LogP contribution in [-0.2, 0) is 13.1 Å². The standard InChI is InChI=1S/C13H15N5S2/c19-13-16-15-12(11-4-3-9-20-11)18(13)7-2-1-6-17-8-5-14-10-17/h3-5,8-10H,1-2,6-7H2,(H,16,19). The van der Waals surface area contributed by atoms with Crippen molar-refractivity contribution in [2.24, 2.45) is 0 Å². The maximum Gasteiger partial charge on any atom is 0.195 e. The normalized spacial score (nSPS) is 11.0. The van der Waals surface area contributed by atoms with Crippen molar-refractivity contribution < 1.29 is 0 Å². The van der Waals surface area contributed by atoms with Crippen molar-refractivity contribution >= 4 is 23.6 Å². The Kier molecular flexibility index (Phi) is 4.08. The van der Waals surface area contributed by atoms with Gasteiger partial charge in [-0.05, 0) is 36.5 Å². The number of H-pyrrole nitrogens is 1. The molecule has 0 spiro atoms. The topological polar surface area (TPSA) is 51.4 Å². The molecule has 7 heteroatoms. The lowest BCUT2D eigenvalue weighted by molar-refractivity contribution is 0.552. The molecule has 0 aliphatic rings. The third kappa shape index (κ3) is 2.88. The summed E-state index contributed by atoms with van der Waals surface area (Å²) >= 11 is 6.99. The van der Waals surface area contributed by atoms with E-state index in [2.05, 4.69) is 35.8 Å². The highest BCUT2D eigenvalue weighted by Gasteiger charge is 2.09. The van der Waals surface area contributed by atoms with Gasteiger partial charge in [0.05, 0.1) is 11.2 Å². The highest BCUT2D eigenvalue weighted by atomic mass is 32.1. The maximum absolute atomic E-state index is 5.31. The molecule has 3 aromatic heterocycles. The van der Waals surface area contributed by atoms with Crippen LogP contribution in [0.2, 0.25) is 0 Å². The number of unbranched alkanes of at least 4 members (excludes halogenated alkanes) is 1. The van der Waals surface area contributed by atoms with E-state index in [1.165, 1.54) is 0 Å². The highest BCUT2D eigenvalue weighted by Crippen LogP contribution is 2.23. The number of hydrogen-bond donors (Lipinski definition) is 1. The summed E-state index contributed by atoms with van der Waals surface area (Å²) in [5.41, 5.74) is 0. The van der Waals surface area contributed by atoms with E-state index in [1.807, 2.05) is 18.6 Å². The lowest BCUT2D eigenvalue weighted by Gasteiger charge is -2.06. The molecule has 0 fully saturated rings. The molecule has 0 aliphatic heterocycles. The second-order valence-corrected chi connectivity index (χ2v) is 5.82. The summed E-state index contributed by atoms with van der Waals surface area (Å²) in [5, 5.41) is 9.27. The number of rotatable bonds is 6. The van der Waals surface area contributed by atoms with Gasteiger partial charge in [0, 0.05) is 25.5 Å². The summed E-state index contributed by atoms with van der Waals surface area (Å²) in [6, 6.07) is 4.10. The zero-order valence-corrected chi connectivity index (χ0v) is 12.5. The molecular formula is C13H15N5S2. The highest BCUT2D eigenvalue weighted by molar-refractivity contribution is 7.71. The summed E-state index contributed by atoms with van der Waals surface area (Å²) < 4.78 is 4.86. The van der Waals surface area contributed by atoms with Crippen LogP contribution >= 0.6 is 23.6 Å². The van der Waals surface area contributed by atoms with Crippen molar-refractivity contribution in [3.05, 3.63) is 41.0 Å². The number of aromatic amines is 1. The SMILES string of the molecule is S=c1[nH]nc(-c2cccs2)n1CCCCn1ccnc1. The Balaban J connectivity index is 1.63. The van der Waals surface area contributed by atoms with E-state index >= 15 is 0 Å². The minimum atomic E-state index is 0.691. The van der Waals surface area contributed by atoms with E-state index in [-0.39, 0.29) is 0 Å². The molecule has 0 atom stereocenters. The predicted molar refractivity (Wildman–Crippen MR) is 82.2 cm³/mol. The first kappa shape index (κ1) is 13.3. The largest absolute Gasteiger partial charge is 0.337 e. The van der Waals surface area contributed by atoms with Gasteiger partial charge in [0.2, 0.25) is 0 Å². The molecule has 104 valence electrons. The fourth-order valence-corrected chi connectivity index (χ4v) is 3.05. The van der Waals surface area contributed by atoms with Gasteiger partial charge in [0.25, 0.3) is 0 Å². The molecule has 3 aromatic rings. The van der Waals surface area contributed by atoms with Gasteiger partial charge in [-0.2, -0.15) is 5.10 Å². The third-order valence-electron chi connectivity index (χ3n) is 3.11. The quantitative estimate of drug-likeness (QED) is 0.561. The molecule has 0 saturated carbocycles. The fourth-order valence-electron chi connectivity index (χ4n) is 2.10. The number of nitrogens with zero attached hydrogens (tertiary/aromatic N) is 4. The van der Waals surface area contributed by atoms with E-state index in [0.29, 0.717) is 4.77 Å². The molecule has 5 nitrogen and oxygen atoms in total.